The van der Waals surface area contributed by atoms with E-state index in [2.05, 4.69) is 35.4 Å². The van der Waals surface area contributed by atoms with Gasteiger partial charge in [-0.1, -0.05) is 23.1 Å². The molecule has 2 aromatic heterocycles. The van der Waals surface area contributed by atoms with Gasteiger partial charge in [0.15, 0.2) is 8.29 Å². The molecule has 1 unspecified atom stereocenters. The Morgan fingerprint density at radius 2 is 2.30 bits per heavy atom. The van der Waals surface area contributed by atoms with E-state index in [0.29, 0.717) is 9.71 Å². The van der Waals surface area contributed by atoms with E-state index < -0.39 is 0 Å². The Bertz CT molecular complexity index is 658. The number of thioether (sulfide) groups is 1. The van der Waals surface area contributed by atoms with Gasteiger partial charge in [0.1, 0.15) is 0 Å². The SMILES string of the molecule is Cc1cc(C(C)NC(=O)CSc2n[nH]c(=S)s2)c(C)s1. The largest absolute Gasteiger partial charge is 0.349 e. The van der Waals surface area contributed by atoms with Gasteiger partial charge in [0, 0.05) is 9.75 Å². The average molecular weight is 346 g/mol. The monoisotopic (exact) mass is 345 g/mol. The van der Waals surface area contributed by atoms with E-state index in [-0.39, 0.29) is 11.9 Å². The van der Waals surface area contributed by atoms with Crippen LogP contribution >= 0.6 is 46.7 Å². The summed E-state index contributed by atoms with van der Waals surface area (Å²) in [5, 5.41) is 9.73. The van der Waals surface area contributed by atoms with Crippen LogP contribution in [-0.2, 0) is 4.79 Å². The number of nitrogens with zero attached hydrogens (tertiary/aromatic N) is 1. The van der Waals surface area contributed by atoms with Crippen molar-refractivity contribution in [2.75, 3.05) is 5.75 Å². The number of amides is 1. The number of aryl methyl sites for hydroxylation is 2. The van der Waals surface area contributed by atoms with Gasteiger partial charge in [0.2, 0.25) is 5.91 Å². The van der Waals surface area contributed by atoms with Gasteiger partial charge in [-0.25, -0.2) is 0 Å². The molecule has 8 heteroatoms. The van der Waals surface area contributed by atoms with Crippen LogP contribution in [0.3, 0.4) is 0 Å². The van der Waals surface area contributed by atoms with Crippen molar-refractivity contribution in [1.29, 1.82) is 0 Å². The summed E-state index contributed by atoms with van der Waals surface area (Å²) in [6.45, 7) is 6.17. The maximum absolute atomic E-state index is 11.9. The van der Waals surface area contributed by atoms with E-state index in [0.717, 1.165) is 4.34 Å². The summed E-state index contributed by atoms with van der Waals surface area (Å²) in [6, 6.07) is 2.17. The van der Waals surface area contributed by atoms with Gasteiger partial charge in [0.05, 0.1) is 11.8 Å². The van der Waals surface area contributed by atoms with Crippen molar-refractivity contribution in [3.8, 4) is 0 Å². The maximum Gasteiger partial charge on any atom is 0.230 e. The summed E-state index contributed by atoms with van der Waals surface area (Å²) in [7, 11) is 0. The fourth-order valence-electron chi connectivity index (χ4n) is 1.85. The van der Waals surface area contributed by atoms with Crippen molar-refractivity contribution in [1.82, 2.24) is 15.5 Å². The van der Waals surface area contributed by atoms with Crippen molar-refractivity contribution < 1.29 is 4.79 Å². The van der Waals surface area contributed by atoms with Crippen LogP contribution in [0.1, 0.15) is 28.3 Å². The fraction of sp³-hybridized carbons (Fsp3) is 0.417. The molecule has 1 atom stereocenters. The number of hydrogen-bond donors (Lipinski definition) is 2. The molecular weight excluding hydrogens is 330 g/mol. The lowest BCUT2D eigenvalue weighted by molar-refractivity contribution is -0.119. The molecule has 2 N–H and O–H groups in total. The Balaban J connectivity index is 1.88. The van der Waals surface area contributed by atoms with Gasteiger partial charge >= 0.3 is 0 Å². The van der Waals surface area contributed by atoms with Gasteiger partial charge < -0.3 is 5.32 Å². The molecule has 0 fully saturated rings. The predicted molar refractivity (Wildman–Crippen MR) is 88.4 cm³/mol. The van der Waals surface area contributed by atoms with Gasteiger partial charge in [-0.15, -0.1) is 11.3 Å². The van der Waals surface area contributed by atoms with Crippen molar-refractivity contribution in [2.45, 2.75) is 31.2 Å². The van der Waals surface area contributed by atoms with Crippen molar-refractivity contribution in [3.63, 3.8) is 0 Å². The molecule has 2 rings (SSSR count). The number of nitrogens with one attached hydrogen (secondary N) is 2. The average Bonchev–Trinajstić information content (AvgIpc) is 2.92. The molecule has 20 heavy (non-hydrogen) atoms. The third-order valence-electron chi connectivity index (χ3n) is 2.67. The molecule has 4 nitrogen and oxygen atoms in total. The first kappa shape index (κ1) is 15.7. The Labute approximate surface area is 135 Å². The topological polar surface area (TPSA) is 57.8 Å². The molecule has 0 saturated heterocycles. The van der Waals surface area contributed by atoms with Crippen molar-refractivity contribution in [2.24, 2.45) is 0 Å². The summed E-state index contributed by atoms with van der Waals surface area (Å²) in [4.78, 5) is 14.5. The van der Waals surface area contributed by atoms with E-state index >= 15 is 0 Å². The third-order valence-corrected chi connectivity index (χ3v) is 5.88. The van der Waals surface area contributed by atoms with Crippen LogP contribution in [0.5, 0.6) is 0 Å². The Morgan fingerprint density at radius 3 is 2.85 bits per heavy atom. The van der Waals surface area contributed by atoms with Crippen LogP contribution in [0, 0.1) is 17.8 Å². The normalized spacial score (nSPS) is 12.3. The van der Waals surface area contributed by atoms with E-state index in [1.165, 1.54) is 38.4 Å². The van der Waals surface area contributed by atoms with E-state index in [1.807, 2.05) is 6.92 Å². The minimum absolute atomic E-state index is 0.00636. The Hall–Kier alpha value is -0.700. The number of thiophene rings is 1. The van der Waals surface area contributed by atoms with Crippen LogP contribution < -0.4 is 5.32 Å². The lowest BCUT2D eigenvalue weighted by Crippen LogP contribution is -2.28. The fourth-order valence-corrected chi connectivity index (χ4v) is 4.76. The highest BCUT2D eigenvalue weighted by molar-refractivity contribution is 8.01. The summed E-state index contributed by atoms with van der Waals surface area (Å²) < 4.78 is 1.42. The highest BCUT2D eigenvalue weighted by atomic mass is 32.2. The quantitative estimate of drug-likeness (QED) is 0.638. The lowest BCUT2D eigenvalue weighted by atomic mass is 10.1. The molecule has 2 aromatic rings. The molecule has 0 saturated carbocycles. The van der Waals surface area contributed by atoms with Crippen LogP contribution in [-0.4, -0.2) is 21.9 Å². The molecule has 1 amide bonds. The van der Waals surface area contributed by atoms with E-state index in [1.54, 1.807) is 11.3 Å². The highest BCUT2D eigenvalue weighted by Crippen LogP contribution is 2.26. The van der Waals surface area contributed by atoms with Crippen molar-refractivity contribution in [3.05, 3.63) is 25.3 Å². The number of carbonyl (C=O) groups is 1. The summed E-state index contributed by atoms with van der Waals surface area (Å²) >= 11 is 9.49. The molecule has 0 aliphatic heterocycles. The van der Waals surface area contributed by atoms with E-state index in [9.17, 15) is 4.79 Å². The molecule has 108 valence electrons. The lowest BCUT2D eigenvalue weighted by Gasteiger charge is -2.13. The first-order chi connectivity index (χ1) is 9.45. The zero-order chi connectivity index (χ0) is 14.7. The molecule has 0 aromatic carbocycles. The number of hydrogen-bond acceptors (Lipinski definition) is 6. The number of aromatic amines is 1. The van der Waals surface area contributed by atoms with Gasteiger partial charge in [-0.3, -0.25) is 9.89 Å². The van der Waals surface area contributed by atoms with Gasteiger partial charge in [-0.05, 0) is 44.6 Å². The van der Waals surface area contributed by atoms with Crippen LogP contribution in [0.25, 0.3) is 0 Å². The number of rotatable bonds is 5. The molecule has 0 radical (unpaired) electrons. The molecule has 0 bridgehead atoms. The highest BCUT2D eigenvalue weighted by Gasteiger charge is 2.14. The minimum Gasteiger partial charge on any atom is -0.349 e. The molecular formula is C12H15N3OS4. The van der Waals surface area contributed by atoms with Gasteiger partial charge in [0.25, 0.3) is 0 Å². The molecule has 0 spiro atoms. The van der Waals surface area contributed by atoms with Crippen LogP contribution in [0.15, 0.2) is 10.4 Å². The Kier molecular flexibility index (Phi) is 5.36. The second-order valence-corrected chi connectivity index (χ2v) is 8.67. The van der Waals surface area contributed by atoms with Crippen LogP contribution in [0.2, 0.25) is 0 Å². The zero-order valence-corrected chi connectivity index (χ0v) is 14.6. The minimum atomic E-state index is 0.00636. The molecule has 0 aliphatic rings. The number of H-pyrrole nitrogens is 1. The number of aromatic nitrogens is 2. The van der Waals surface area contributed by atoms with Crippen molar-refractivity contribution >= 4 is 52.6 Å². The van der Waals surface area contributed by atoms with Crippen LogP contribution in [0.4, 0.5) is 0 Å². The van der Waals surface area contributed by atoms with Gasteiger partial charge in [-0.2, -0.15) is 5.10 Å². The first-order valence-electron chi connectivity index (χ1n) is 6.00. The number of carbonyl (C=O) groups excluding carboxylic acids is 1. The predicted octanol–water partition coefficient (Wildman–Crippen LogP) is 3.85. The van der Waals surface area contributed by atoms with E-state index in [4.69, 9.17) is 12.2 Å². The zero-order valence-electron chi connectivity index (χ0n) is 11.4. The second-order valence-electron chi connectivity index (χ2n) is 4.33. The molecule has 2 heterocycles. The second kappa shape index (κ2) is 6.84. The standard InChI is InChI=1S/C12H15N3OS4/c1-6-4-9(8(3)19-6)7(2)13-10(16)5-18-12-15-14-11(17)20-12/h4,7H,5H2,1-3H3,(H,13,16)(H,14,17). The summed E-state index contributed by atoms with van der Waals surface area (Å²) in [5.74, 6) is 0.356. The maximum atomic E-state index is 11.9. The third kappa shape index (κ3) is 4.15. The first-order valence-corrected chi connectivity index (χ1v) is 9.03. The smallest absolute Gasteiger partial charge is 0.230 e. The Morgan fingerprint density at radius 1 is 1.55 bits per heavy atom. The molecule has 0 aliphatic carbocycles. The summed E-state index contributed by atoms with van der Waals surface area (Å²) in [6.07, 6.45) is 0. The summed E-state index contributed by atoms with van der Waals surface area (Å²) in [5.41, 5.74) is 1.20.